The second-order valence-electron chi connectivity index (χ2n) is 43.9. The molecule has 7 aliphatic carbocycles. The second kappa shape index (κ2) is 34.0. The minimum Gasteiger partial charge on any atom is -0.310 e. The van der Waals surface area contributed by atoms with Crippen LogP contribution in [0.4, 0.5) is 34.1 Å². The lowest BCUT2D eigenvalue weighted by Crippen LogP contribution is -2.25. The summed E-state index contributed by atoms with van der Waals surface area (Å²) in [5.74, 6) is 0.839. The molecule has 0 heterocycles. The topological polar surface area (TPSA) is 6.48 Å². The first kappa shape index (κ1) is 88.0. The number of fused-ring (bicyclic) bond motifs is 9. The van der Waals surface area contributed by atoms with E-state index in [1.165, 1.54) is 195 Å². The van der Waals surface area contributed by atoms with Gasteiger partial charge in [0.15, 0.2) is 0 Å². The van der Waals surface area contributed by atoms with Crippen molar-refractivity contribution in [1.29, 1.82) is 0 Å². The highest BCUT2D eigenvalue weighted by Crippen LogP contribution is 2.63. The van der Waals surface area contributed by atoms with Gasteiger partial charge < -0.3 is 9.80 Å². The first-order valence-electron chi connectivity index (χ1n) is 50.2. The molecule has 23 rings (SSSR count). The van der Waals surface area contributed by atoms with Crippen molar-refractivity contribution in [3.8, 4) is 89.0 Å². The molecule has 0 radical (unpaired) electrons. The number of benzene rings is 17. The Morgan fingerprint density at radius 1 is 0.302 bits per heavy atom. The van der Waals surface area contributed by atoms with Crippen LogP contribution in [0.2, 0.25) is 0 Å². The van der Waals surface area contributed by atoms with Gasteiger partial charge in [0.25, 0.3) is 0 Å². The van der Waals surface area contributed by atoms with E-state index in [1.807, 2.05) is 0 Å². The summed E-state index contributed by atoms with van der Waals surface area (Å²) in [7, 11) is 0. The van der Waals surface area contributed by atoms with Gasteiger partial charge in [-0.1, -0.05) is 453 Å². The number of hydrogen-bond donors (Lipinski definition) is 0. The van der Waals surface area contributed by atoms with Crippen molar-refractivity contribution in [1.82, 2.24) is 0 Å². The fourth-order valence-corrected chi connectivity index (χ4v) is 23.8. The van der Waals surface area contributed by atoms with Crippen LogP contribution < -0.4 is 9.80 Å². The van der Waals surface area contributed by atoms with Gasteiger partial charge in [-0.25, -0.2) is 0 Å². The third-order valence-corrected chi connectivity index (χ3v) is 31.7. The summed E-state index contributed by atoms with van der Waals surface area (Å²) in [5.41, 5.74) is 46.9. The van der Waals surface area contributed by atoms with Crippen LogP contribution in [0, 0.1) is 11.8 Å². The van der Waals surface area contributed by atoms with Crippen molar-refractivity contribution >= 4 is 50.5 Å². The van der Waals surface area contributed by atoms with Gasteiger partial charge >= 0.3 is 0 Å². The van der Waals surface area contributed by atoms with Crippen LogP contribution >= 0.6 is 0 Å². The predicted molar refractivity (Wildman–Crippen MR) is 591 cm³/mol. The van der Waals surface area contributed by atoms with Gasteiger partial charge in [-0.05, 0) is 287 Å². The SMILES string of the molecule is CC1C=CC=CC1c1cc2c(N(c3ccc(-c4ccc5c(c4)C(C)(c4ccccc4)c4ccccc4-5)cc3)c3ccccc3C3C=CC=C4C=CC=C(c5cc(C(C)(C)C)cc(C(C)(C)Cc6ccc(C7(C)c8ccccc8-c8c(-c9ccc(N(c%10ccc(-c%11ccccc%11)cc%10)c%10ccccc%10-c%10cccc%11cccc(-c%12cc(C(C)(C)C)cc(C(C)(C)C)c%12)c%10%11)cc9)cccc87)cc6)c5)C43)c-2c1. The second-order valence-corrected chi connectivity index (χ2v) is 43.9. The molecule has 16 aromatic rings. The standard InChI is InChI=1S/C137H120N2/c1-88-36-21-22-45-109(88)99-82-120-121(83-99)131(120)139(108-73-64-92(65-74-108)96-68-77-114-113-46-23-27-55-122(113)137(14,125(114)84-96)100-43-19-16-20-44-100)127-59-30-26-48-116(127)118-54-34-42-95-40-32-51-112(129(95)118)98-80-104(134(8,9)10)86-105(81-98)135(11,12)87-89-60-69-101(70-61-89)136(13)123-56-28-24-49-119(123)130-110(52-35-57-124(130)136)93-66-75-107(76-67-93)138(106-71-62-91(63-72-106)90-37-17-15-18-38-90)126-58-29-25-47-115(126)117-53-33-41-94-39-31-50-111(128(94)117)97-78-102(132(2,3)4)85-103(79-97)133(5,6)7/h15-86,88,109,118,129H,87H2,1-14H3. The molecule has 16 aromatic carbocycles. The van der Waals surface area contributed by atoms with E-state index in [1.54, 1.807) is 0 Å². The summed E-state index contributed by atoms with van der Waals surface area (Å²) in [5, 5.41) is 2.46. The molecule has 139 heavy (non-hydrogen) atoms. The van der Waals surface area contributed by atoms with Crippen molar-refractivity contribution in [3.63, 3.8) is 0 Å². The molecular formula is C137H120N2. The zero-order chi connectivity index (χ0) is 95.2. The van der Waals surface area contributed by atoms with Gasteiger partial charge in [0.2, 0.25) is 0 Å². The molecule has 0 N–H and O–H groups in total. The number of nitrogens with zero attached hydrogens (tertiary/aromatic N) is 2. The average molecular weight is 1790 g/mol. The van der Waals surface area contributed by atoms with Crippen LogP contribution in [-0.4, -0.2) is 0 Å². The minimum atomic E-state index is -0.433. The van der Waals surface area contributed by atoms with Crippen LogP contribution in [-0.2, 0) is 38.9 Å². The normalized spacial score (nSPS) is 18.1. The lowest BCUT2D eigenvalue weighted by atomic mass is 9.68. The third-order valence-electron chi connectivity index (χ3n) is 31.7. The molecule has 6 atom stereocenters. The average Bonchev–Trinajstić information content (AvgIpc) is 1.55. The van der Waals surface area contributed by atoms with E-state index in [9.17, 15) is 0 Å². The largest absolute Gasteiger partial charge is 0.310 e. The Morgan fingerprint density at radius 3 is 1.45 bits per heavy atom. The molecule has 678 valence electrons. The molecule has 0 spiro atoms. The van der Waals surface area contributed by atoms with Gasteiger partial charge in [0.1, 0.15) is 0 Å². The molecule has 6 unspecified atom stereocenters. The molecular weight excluding hydrogens is 1670 g/mol. The van der Waals surface area contributed by atoms with Gasteiger partial charge in [0, 0.05) is 68.0 Å². The smallest absolute Gasteiger partial charge is 0.0620 e. The summed E-state index contributed by atoms with van der Waals surface area (Å²) < 4.78 is 0. The van der Waals surface area contributed by atoms with Crippen LogP contribution in [0.5, 0.6) is 0 Å². The van der Waals surface area contributed by atoms with Crippen molar-refractivity contribution in [2.75, 3.05) is 9.80 Å². The van der Waals surface area contributed by atoms with Crippen molar-refractivity contribution in [2.45, 2.75) is 148 Å². The van der Waals surface area contributed by atoms with E-state index in [-0.39, 0.29) is 38.9 Å². The Kier molecular flexibility index (Phi) is 21.6. The quantitative estimate of drug-likeness (QED) is 0.0796. The number of anilines is 6. The fraction of sp³-hybridized carbons (Fsp3) is 0.182. The number of hydrogen-bond acceptors (Lipinski definition) is 2. The monoisotopic (exact) mass is 1790 g/mol. The minimum absolute atomic E-state index is 0.0196. The van der Waals surface area contributed by atoms with Crippen LogP contribution in [0.15, 0.2) is 442 Å². The van der Waals surface area contributed by atoms with Crippen molar-refractivity contribution < 1.29 is 0 Å². The Bertz CT molecular complexity index is 7870. The molecule has 0 amide bonds. The van der Waals surface area contributed by atoms with Gasteiger partial charge in [-0.2, -0.15) is 0 Å². The van der Waals surface area contributed by atoms with Gasteiger partial charge in [-0.15, -0.1) is 0 Å². The molecule has 0 aliphatic heterocycles. The number of rotatable bonds is 19. The highest BCUT2D eigenvalue weighted by molar-refractivity contribution is 6.12. The summed E-state index contributed by atoms with van der Waals surface area (Å²) >= 11 is 0. The Hall–Kier alpha value is -15.0. The summed E-state index contributed by atoms with van der Waals surface area (Å²) in [4.78, 5) is 5.07. The van der Waals surface area contributed by atoms with E-state index >= 15 is 0 Å². The van der Waals surface area contributed by atoms with Crippen LogP contribution in [0.1, 0.15) is 187 Å². The highest BCUT2D eigenvalue weighted by atomic mass is 15.2. The van der Waals surface area contributed by atoms with E-state index in [0.29, 0.717) is 11.8 Å². The Morgan fingerprint density at radius 2 is 0.784 bits per heavy atom. The molecule has 0 saturated carbocycles. The lowest BCUT2D eigenvalue weighted by molar-refractivity contribution is 0.516. The maximum Gasteiger partial charge on any atom is 0.0620 e. The van der Waals surface area contributed by atoms with Gasteiger partial charge in [0.05, 0.1) is 11.4 Å². The zero-order valence-electron chi connectivity index (χ0n) is 82.5. The van der Waals surface area contributed by atoms with E-state index in [4.69, 9.17) is 0 Å². The lowest BCUT2D eigenvalue weighted by Gasteiger charge is -2.37. The first-order chi connectivity index (χ1) is 67.2. The Labute approximate surface area is 823 Å². The van der Waals surface area contributed by atoms with Crippen molar-refractivity contribution in [3.05, 3.63) is 520 Å². The first-order valence-corrected chi connectivity index (χ1v) is 50.2. The van der Waals surface area contributed by atoms with E-state index < -0.39 is 5.41 Å². The fourth-order valence-electron chi connectivity index (χ4n) is 23.8. The summed E-state index contributed by atoms with van der Waals surface area (Å²) in [6, 6.07) is 144. The third kappa shape index (κ3) is 15.4. The molecule has 2 heteroatoms. The van der Waals surface area contributed by atoms with Crippen LogP contribution in [0.3, 0.4) is 0 Å². The Balaban J connectivity index is 0.555. The van der Waals surface area contributed by atoms with Crippen molar-refractivity contribution in [2.24, 2.45) is 11.8 Å². The molecule has 0 aromatic heterocycles. The summed E-state index contributed by atoms with van der Waals surface area (Å²) in [6.45, 7) is 33.3. The predicted octanol–water partition coefficient (Wildman–Crippen LogP) is 36.9. The van der Waals surface area contributed by atoms with E-state index in [2.05, 4.69) is 544 Å². The number of para-hydroxylation sites is 2. The zero-order valence-corrected chi connectivity index (χ0v) is 82.5. The molecule has 0 fully saturated rings. The van der Waals surface area contributed by atoms with E-state index in [0.717, 1.165) is 34.7 Å². The maximum atomic E-state index is 2.60. The highest BCUT2D eigenvalue weighted by Gasteiger charge is 2.45. The number of allylic oxidation sites excluding steroid dienone is 12. The summed E-state index contributed by atoms with van der Waals surface area (Å²) in [6.07, 6.45) is 24.3. The molecule has 7 aliphatic rings. The van der Waals surface area contributed by atoms with Gasteiger partial charge in [-0.3, -0.25) is 0 Å². The molecule has 0 bridgehead atoms. The molecule has 2 nitrogen and oxygen atoms in total. The van der Waals surface area contributed by atoms with Crippen LogP contribution in [0.25, 0.3) is 105 Å². The maximum absolute atomic E-state index is 2.60. The molecule has 0 saturated heterocycles.